The third kappa shape index (κ3) is 2.40. The van der Waals surface area contributed by atoms with Crippen LogP contribution in [-0.4, -0.2) is 40.6 Å². The molecule has 23 heavy (non-hydrogen) atoms. The molecular weight excluding hydrogens is 316 g/mol. The molecule has 1 aromatic carbocycles. The summed E-state index contributed by atoms with van der Waals surface area (Å²) < 4.78 is 8.37. The number of rotatable bonds is 3. The molecule has 0 bridgehead atoms. The molecule has 1 fully saturated rings. The van der Waals surface area contributed by atoms with Crippen molar-refractivity contribution in [2.24, 2.45) is 0 Å². The maximum atomic E-state index is 12.1. The minimum atomic E-state index is -0.388. The minimum Gasteiger partial charge on any atom is -0.442 e. The second-order valence-electron chi connectivity index (χ2n) is 5.39. The zero-order valence-corrected chi connectivity index (χ0v) is 13.2. The van der Waals surface area contributed by atoms with Gasteiger partial charge in [-0.15, -0.1) is 0 Å². The van der Waals surface area contributed by atoms with Crippen molar-refractivity contribution in [2.75, 3.05) is 18.0 Å². The molecule has 0 saturated carbocycles. The number of nitrogens with zero attached hydrogens (tertiary/aromatic N) is 3. The van der Waals surface area contributed by atoms with Gasteiger partial charge in [0, 0.05) is 25.0 Å². The van der Waals surface area contributed by atoms with Crippen LogP contribution in [0.3, 0.4) is 0 Å². The Morgan fingerprint density at radius 3 is 3.22 bits per heavy atom. The highest BCUT2D eigenvalue weighted by atomic mass is 32.1. The Kier molecular flexibility index (Phi) is 3.19. The predicted octanol–water partition coefficient (Wildman–Crippen LogP) is 2.01. The van der Waals surface area contributed by atoms with Crippen molar-refractivity contribution in [3.05, 3.63) is 30.6 Å². The van der Waals surface area contributed by atoms with E-state index in [0.717, 1.165) is 20.9 Å². The molecule has 8 heteroatoms. The van der Waals surface area contributed by atoms with Crippen molar-refractivity contribution < 1.29 is 14.3 Å². The number of benzene rings is 1. The lowest BCUT2D eigenvalue weighted by molar-refractivity contribution is -0.119. The topological polar surface area (TPSA) is 75.9 Å². The van der Waals surface area contributed by atoms with Crippen LogP contribution in [0.15, 0.2) is 30.6 Å². The number of carbonyl (C=O) groups excluding carboxylic acids is 2. The molecule has 0 aliphatic carbocycles. The summed E-state index contributed by atoms with van der Waals surface area (Å²) in [6, 6.07) is 5.84. The zero-order valence-electron chi connectivity index (χ0n) is 12.4. The Bertz CT molecular complexity index is 916. The van der Waals surface area contributed by atoms with Crippen molar-refractivity contribution in [1.29, 1.82) is 0 Å². The van der Waals surface area contributed by atoms with Gasteiger partial charge in [0.05, 0.1) is 23.3 Å². The van der Waals surface area contributed by atoms with Crippen molar-refractivity contribution in [3.8, 4) is 0 Å². The molecule has 7 nitrogen and oxygen atoms in total. The molecule has 3 heterocycles. The summed E-state index contributed by atoms with van der Waals surface area (Å²) in [5.41, 5.74) is 1.85. The molecule has 1 atom stereocenters. The summed E-state index contributed by atoms with van der Waals surface area (Å²) in [7, 11) is 0. The van der Waals surface area contributed by atoms with Gasteiger partial charge in [0.25, 0.3) is 0 Å². The van der Waals surface area contributed by atoms with Crippen LogP contribution in [0.1, 0.15) is 6.92 Å². The van der Waals surface area contributed by atoms with Crippen LogP contribution in [0.2, 0.25) is 0 Å². The van der Waals surface area contributed by atoms with Gasteiger partial charge in [0.15, 0.2) is 4.96 Å². The number of imidazole rings is 1. The molecule has 1 aliphatic heterocycles. The molecular formula is C15H14N4O3S. The predicted molar refractivity (Wildman–Crippen MR) is 86.9 cm³/mol. The lowest BCUT2D eigenvalue weighted by atomic mass is 10.2. The van der Waals surface area contributed by atoms with Gasteiger partial charge in [0.1, 0.15) is 6.10 Å². The highest BCUT2D eigenvalue weighted by molar-refractivity contribution is 7.23. The number of anilines is 1. The maximum Gasteiger partial charge on any atom is 0.414 e. The number of amides is 2. The minimum absolute atomic E-state index is 0.136. The number of ether oxygens (including phenoxy) is 1. The third-order valence-electron chi connectivity index (χ3n) is 3.78. The van der Waals surface area contributed by atoms with Gasteiger partial charge < -0.3 is 10.1 Å². The molecule has 0 unspecified atom stereocenters. The molecule has 3 aromatic rings. The highest BCUT2D eigenvalue weighted by Gasteiger charge is 2.32. The van der Waals surface area contributed by atoms with Crippen LogP contribution in [0.5, 0.6) is 0 Å². The van der Waals surface area contributed by atoms with Gasteiger partial charge in [-0.1, -0.05) is 11.3 Å². The SMILES string of the molecule is CC(=O)NC[C@H]1CN(c2ccc3c(c2)sc2nccn23)C(=O)O1. The molecule has 118 valence electrons. The van der Waals surface area contributed by atoms with E-state index in [1.807, 2.05) is 28.8 Å². The van der Waals surface area contributed by atoms with Crippen LogP contribution < -0.4 is 10.2 Å². The van der Waals surface area contributed by atoms with Crippen molar-refractivity contribution in [3.63, 3.8) is 0 Å². The first-order valence-electron chi connectivity index (χ1n) is 7.20. The number of fused-ring (bicyclic) bond motifs is 3. The largest absolute Gasteiger partial charge is 0.442 e. The zero-order chi connectivity index (χ0) is 16.0. The number of cyclic esters (lactones) is 1. The summed E-state index contributed by atoms with van der Waals surface area (Å²) in [4.78, 5) is 29.8. The molecule has 0 spiro atoms. The average molecular weight is 330 g/mol. The summed E-state index contributed by atoms with van der Waals surface area (Å²) in [6.45, 7) is 2.19. The molecule has 1 N–H and O–H groups in total. The van der Waals surface area contributed by atoms with Gasteiger partial charge in [0.2, 0.25) is 5.91 Å². The first kappa shape index (κ1) is 14.0. The van der Waals surface area contributed by atoms with Gasteiger partial charge in [-0.3, -0.25) is 14.1 Å². The Hall–Kier alpha value is -2.61. The molecule has 2 amide bonds. The smallest absolute Gasteiger partial charge is 0.414 e. The fourth-order valence-corrected chi connectivity index (χ4v) is 3.71. The molecule has 1 aliphatic rings. The molecule has 1 saturated heterocycles. The fourth-order valence-electron chi connectivity index (χ4n) is 2.69. The van der Waals surface area contributed by atoms with Gasteiger partial charge in [-0.05, 0) is 18.2 Å². The number of thiazole rings is 1. The van der Waals surface area contributed by atoms with E-state index in [9.17, 15) is 9.59 Å². The Balaban J connectivity index is 1.60. The average Bonchev–Trinajstić information content (AvgIpc) is 3.18. The summed E-state index contributed by atoms with van der Waals surface area (Å²) in [5, 5.41) is 2.67. The van der Waals surface area contributed by atoms with Crippen LogP contribution in [0, 0.1) is 0 Å². The van der Waals surface area contributed by atoms with Crippen molar-refractivity contribution in [2.45, 2.75) is 13.0 Å². The molecule has 2 aromatic heterocycles. The normalized spacial score (nSPS) is 17.9. The highest BCUT2D eigenvalue weighted by Crippen LogP contribution is 2.31. The third-order valence-corrected chi connectivity index (χ3v) is 4.81. The second-order valence-corrected chi connectivity index (χ2v) is 6.40. The Labute approximate surface area is 135 Å². The number of nitrogens with one attached hydrogen (secondary N) is 1. The lowest BCUT2D eigenvalue weighted by Crippen LogP contribution is -2.33. The van der Waals surface area contributed by atoms with E-state index in [2.05, 4.69) is 10.3 Å². The van der Waals surface area contributed by atoms with Crippen LogP contribution in [0.25, 0.3) is 15.2 Å². The van der Waals surface area contributed by atoms with Gasteiger partial charge >= 0.3 is 6.09 Å². The summed E-state index contributed by atoms with van der Waals surface area (Å²) in [5.74, 6) is -0.136. The van der Waals surface area contributed by atoms with E-state index in [1.54, 1.807) is 22.4 Å². The van der Waals surface area contributed by atoms with Gasteiger partial charge in [-0.25, -0.2) is 9.78 Å². The monoisotopic (exact) mass is 330 g/mol. The van der Waals surface area contributed by atoms with Crippen molar-refractivity contribution in [1.82, 2.24) is 14.7 Å². The Morgan fingerprint density at radius 2 is 2.39 bits per heavy atom. The van der Waals surface area contributed by atoms with Crippen LogP contribution in [-0.2, 0) is 9.53 Å². The number of hydrogen-bond donors (Lipinski definition) is 1. The van der Waals surface area contributed by atoms with E-state index >= 15 is 0 Å². The lowest BCUT2D eigenvalue weighted by Gasteiger charge is -2.13. The van der Waals surface area contributed by atoms with Crippen molar-refractivity contribution >= 4 is 44.2 Å². The number of aromatic nitrogens is 2. The van der Waals surface area contributed by atoms with Crippen LogP contribution >= 0.6 is 11.3 Å². The number of carbonyl (C=O) groups is 2. The summed E-state index contributed by atoms with van der Waals surface area (Å²) >= 11 is 1.57. The maximum absolute atomic E-state index is 12.1. The quantitative estimate of drug-likeness (QED) is 0.797. The second kappa shape index (κ2) is 5.24. The number of hydrogen-bond acceptors (Lipinski definition) is 5. The first-order chi connectivity index (χ1) is 11.1. The molecule has 4 rings (SSSR count). The van der Waals surface area contributed by atoms with E-state index in [0.29, 0.717) is 13.1 Å². The van der Waals surface area contributed by atoms with E-state index in [1.165, 1.54) is 6.92 Å². The summed E-state index contributed by atoms with van der Waals surface area (Å²) in [6.07, 6.45) is 2.97. The standard InChI is InChI=1S/C15H14N4O3S/c1-9(20)17-7-11-8-19(15(21)22-11)10-2-3-12-13(6-10)23-14-16-4-5-18(12)14/h2-6,11H,7-8H2,1H3,(H,17,20)/t11-/m0/s1. The van der Waals surface area contributed by atoms with Crippen LogP contribution in [0.4, 0.5) is 10.5 Å². The van der Waals surface area contributed by atoms with Gasteiger partial charge in [-0.2, -0.15) is 0 Å². The van der Waals surface area contributed by atoms with E-state index < -0.39 is 0 Å². The molecule has 0 radical (unpaired) electrons. The first-order valence-corrected chi connectivity index (χ1v) is 8.01. The van der Waals surface area contributed by atoms with E-state index in [4.69, 9.17) is 4.74 Å². The van der Waals surface area contributed by atoms with E-state index in [-0.39, 0.29) is 18.1 Å². The Morgan fingerprint density at radius 1 is 1.52 bits per heavy atom. The fraction of sp³-hybridized carbons (Fsp3) is 0.267.